The fraction of sp³-hybridized carbons (Fsp3) is 0.250. The fourth-order valence-electron chi connectivity index (χ4n) is 3.00. The number of esters is 1. The molecular weight excluding hydrogens is 380 g/mol. The van der Waals surface area contributed by atoms with Crippen LogP contribution in [0.1, 0.15) is 21.5 Å². The van der Waals surface area contributed by atoms with Crippen molar-refractivity contribution in [3.05, 3.63) is 51.8 Å². The Kier molecular flexibility index (Phi) is 4.64. The van der Waals surface area contributed by atoms with Gasteiger partial charge in [-0.3, -0.25) is 9.59 Å². The predicted octanol–water partition coefficient (Wildman–Crippen LogP) is 2.96. The maximum Gasteiger partial charge on any atom is 0.325 e. The number of thiazole rings is 1. The zero-order valence-corrected chi connectivity index (χ0v) is 16.5. The molecule has 4 rings (SSSR count). The van der Waals surface area contributed by atoms with Crippen molar-refractivity contribution in [2.45, 2.75) is 20.4 Å². The second-order valence-electron chi connectivity index (χ2n) is 6.46. The molecular formula is C20H18N2O5S. The highest BCUT2D eigenvalue weighted by Gasteiger charge is 2.19. The van der Waals surface area contributed by atoms with Crippen LogP contribution in [0.5, 0.6) is 11.5 Å². The van der Waals surface area contributed by atoms with Gasteiger partial charge in [-0.1, -0.05) is 29.0 Å². The van der Waals surface area contributed by atoms with E-state index in [0.717, 1.165) is 21.3 Å². The van der Waals surface area contributed by atoms with Gasteiger partial charge in [0.1, 0.15) is 6.54 Å². The molecule has 0 atom stereocenters. The van der Waals surface area contributed by atoms with Crippen LogP contribution in [0.25, 0.3) is 10.2 Å². The second kappa shape index (κ2) is 7.12. The van der Waals surface area contributed by atoms with E-state index in [0.29, 0.717) is 21.9 Å². The molecule has 0 saturated heterocycles. The smallest absolute Gasteiger partial charge is 0.325 e. The number of hydrogen-bond donors (Lipinski definition) is 0. The van der Waals surface area contributed by atoms with E-state index >= 15 is 0 Å². The molecule has 0 radical (unpaired) electrons. The van der Waals surface area contributed by atoms with Crippen LogP contribution in [0, 0.1) is 13.8 Å². The minimum atomic E-state index is -0.432. The Morgan fingerprint density at radius 2 is 1.93 bits per heavy atom. The van der Waals surface area contributed by atoms with Crippen molar-refractivity contribution in [3.8, 4) is 11.5 Å². The molecule has 2 heterocycles. The topological polar surface area (TPSA) is 79.1 Å². The number of benzene rings is 2. The number of aromatic nitrogens is 1. The van der Waals surface area contributed by atoms with Crippen LogP contribution < -0.4 is 14.3 Å². The highest BCUT2D eigenvalue weighted by atomic mass is 32.1. The standard InChI is InChI=1S/C20H18N2O5S/c1-11-4-5-12(2)13(6-11)19(24)21-20-22(9-18(23)25-3)14-7-15-16(27-10-26-15)8-17(14)28-20/h4-8H,9-10H2,1-3H3. The summed E-state index contributed by atoms with van der Waals surface area (Å²) in [4.78, 5) is 29.5. The molecule has 1 aromatic heterocycles. The lowest BCUT2D eigenvalue weighted by molar-refractivity contribution is -0.141. The average Bonchev–Trinajstić information content (AvgIpc) is 3.26. The van der Waals surface area contributed by atoms with Crippen molar-refractivity contribution < 1.29 is 23.8 Å². The number of aryl methyl sites for hydroxylation is 2. The average molecular weight is 398 g/mol. The fourth-order valence-corrected chi connectivity index (χ4v) is 4.04. The Morgan fingerprint density at radius 3 is 2.68 bits per heavy atom. The Balaban J connectivity index is 1.88. The number of rotatable bonds is 3. The van der Waals surface area contributed by atoms with Gasteiger partial charge in [0.05, 0.1) is 17.3 Å². The van der Waals surface area contributed by atoms with E-state index in [2.05, 4.69) is 4.99 Å². The van der Waals surface area contributed by atoms with Crippen molar-refractivity contribution in [3.63, 3.8) is 0 Å². The van der Waals surface area contributed by atoms with Crippen LogP contribution in [-0.4, -0.2) is 30.3 Å². The number of ether oxygens (including phenoxy) is 3. The van der Waals surface area contributed by atoms with Crippen molar-refractivity contribution >= 4 is 33.4 Å². The van der Waals surface area contributed by atoms with Gasteiger partial charge >= 0.3 is 5.97 Å². The molecule has 0 bridgehead atoms. The molecule has 0 saturated carbocycles. The molecule has 1 aliphatic rings. The molecule has 0 spiro atoms. The predicted molar refractivity (Wildman–Crippen MR) is 104 cm³/mol. The van der Waals surface area contributed by atoms with Crippen molar-refractivity contribution in [1.29, 1.82) is 0 Å². The highest BCUT2D eigenvalue weighted by molar-refractivity contribution is 7.16. The van der Waals surface area contributed by atoms with Crippen LogP contribution in [0.4, 0.5) is 0 Å². The van der Waals surface area contributed by atoms with Crippen molar-refractivity contribution in [2.75, 3.05) is 13.9 Å². The van der Waals surface area contributed by atoms with Gasteiger partial charge < -0.3 is 18.8 Å². The first-order chi connectivity index (χ1) is 13.5. The van der Waals surface area contributed by atoms with Crippen LogP contribution in [0.3, 0.4) is 0 Å². The molecule has 8 heteroatoms. The Morgan fingerprint density at radius 1 is 1.18 bits per heavy atom. The molecule has 0 aliphatic carbocycles. The summed E-state index contributed by atoms with van der Waals surface area (Å²) >= 11 is 1.31. The summed E-state index contributed by atoms with van der Waals surface area (Å²) in [5, 5.41) is 0. The third-order valence-electron chi connectivity index (χ3n) is 4.51. The largest absolute Gasteiger partial charge is 0.468 e. The summed E-state index contributed by atoms with van der Waals surface area (Å²) in [6, 6.07) is 9.28. The third-order valence-corrected chi connectivity index (χ3v) is 5.55. The summed E-state index contributed by atoms with van der Waals surface area (Å²) in [7, 11) is 1.32. The van der Waals surface area contributed by atoms with Crippen molar-refractivity contribution in [2.24, 2.45) is 4.99 Å². The van der Waals surface area contributed by atoms with Gasteiger partial charge in [0.2, 0.25) is 6.79 Å². The number of nitrogens with zero attached hydrogens (tertiary/aromatic N) is 2. The first kappa shape index (κ1) is 18.2. The van der Waals surface area contributed by atoms with E-state index in [1.54, 1.807) is 10.6 Å². The van der Waals surface area contributed by atoms with E-state index in [-0.39, 0.29) is 19.2 Å². The van der Waals surface area contributed by atoms with E-state index in [9.17, 15) is 9.59 Å². The van der Waals surface area contributed by atoms with Gasteiger partial charge in [-0.05, 0) is 25.5 Å². The summed E-state index contributed by atoms with van der Waals surface area (Å²) in [5.41, 5.74) is 3.10. The molecule has 7 nitrogen and oxygen atoms in total. The van der Waals surface area contributed by atoms with Crippen LogP contribution in [0.2, 0.25) is 0 Å². The van der Waals surface area contributed by atoms with Gasteiger partial charge in [0.25, 0.3) is 5.91 Å². The van der Waals surface area contributed by atoms with Crippen LogP contribution in [0.15, 0.2) is 35.3 Å². The molecule has 2 aromatic carbocycles. The van der Waals surface area contributed by atoms with Gasteiger partial charge in [0.15, 0.2) is 16.3 Å². The van der Waals surface area contributed by atoms with Gasteiger partial charge in [-0.15, -0.1) is 0 Å². The molecule has 144 valence electrons. The summed E-state index contributed by atoms with van der Waals surface area (Å²) in [5.74, 6) is 0.437. The third kappa shape index (κ3) is 3.27. The Hall–Kier alpha value is -3.13. The van der Waals surface area contributed by atoms with E-state index < -0.39 is 5.97 Å². The van der Waals surface area contributed by atoms with Gasteiger partial charge in [-0.2, -0.15) is 4.99 Å². The minimum Gasteiger partial charge on any atom is -0.468 e. The highest BCUT2D eigenvalue weighted by Crippen LogP contribution is 2.37. The molecule has 28 heavy (non-hydrogen) atoms. The number of fused-ring (bicyclic) bond motifs is 2. The quantitative estimate of drug-likeness (QED) is 0.634. The number of carbonyl (C=O) groups excluding carboxylic acids is 2. The monoisotopic (exact) mass is 398 g/mol. The summed E-state index contributed by atoms with van der Waals surface area (Å²) in [6.45, 7) is 3.89. The van der Waals surface area contributed by atoms with E-state index in [1.165, 1.54) is 18.4 Å². The SMILES string of the molecule is COC(=O)Cn1c(=NC(=O)c2cc(C)ccc2C)sc2cc3c(cc21)OCO3. The number of carbonyl (C=O) groups is 2. The number of amides is 1. The zero-order chi connectivity index (χ0) is 19.8. The summed E-state index contributed by atoms with van der Waals surface area (Å²) in [6.07, 6.45) is 0. The summed E-state index contributed by atoms with van der Waals surface area (Å²) < 4.78 is 18.2. The number of hydrogen-bond acceptors (Lipinski definition) is 6. The van der Waals surface area contributed by atoms with Crippen molar-refractivity contribution in [1.82, 2.24) is 4.57 Å². The lowest BCUT2D eigenvalue weighted by Crippen LogP contribution is -2.22. The van der Waals surface area contributed by atoms with Crippen LogP contribution in [-0.2, 0) is 16.1 Å². The first-order valence-corrected chi connectivity index (χ1v) is 9.44. The molecule has 0 fully saturated rings. The lowest BCUT2D eigenvalue weighted by atomic mass is 10.1. The number of methoxy groups -OCH3 is 1. The normalized spacial score (nSPS) is 13.2. The molecule has 0 unspecified atom stereocenters. The Labute approximate surface area is 164 Å². The molecule has 3 aromatic rings. The minimum absolute atomic E-state index is 0.0605. The second-order valence-corrected chi connectivity index (χ2v) is 7.46. The van der Waals surface area contributed by atoms with Gasteiger partial charge in [0, 0.05) is 17.7 Å². The molecule has 1 amide bonds. The van der Waals surface area contributed by atoms with E-state index in [4.69, 9.17) is 14.2 Å². The first-order valence-electron chi connectivity index (χ1n) is 8.62. The lowest BCUT2D eigenvalue weighted by Gasteiger charge is -2.05. The molecule has 0 N–H and O–H groups in total. The maximum atomic E-state index is 12.8. The van der Waals surface area contributed by atoms with Gasteiger partial charge in [-0.25, -0.2) is 0 Å². The van der Waals surface area contributed by atoms with E-state index in [1.807, 2.05) is 38.1 Å². The zero-order valence-electron chi connectivity index (χ0n) is 15.6. The Bertz CT molecular complexity index is 1180. The molecule has 1 aliphatic heterocycles. The van der Waals surface area contributed by atoms with Crippen LogP contribution >= 0.6 is 11.3 Å². The maximum absolute atomic E-state index is 12.8.